The van der Waals surface area contributed by atoms with Gasteiger partial charge in [-0.15, -0.1) is 0 Å². The average molecular weight is 276 g/mol. The van der Waals surface area contributed by atoms with Crippen molar-refractivity contribution in [2.45, 2.75) is 12.3 Å². The molecule has 0 aromatic heterocycles. The molecule has 1 atom stereocenters. The standard InChI is InChI=1S/C15H11Cl2N/c16-14-7-6-11(9-15(14)17)8-13(10-18)12-4-2-1-3-5-12/h1-7,9,13H,8H2. The maximum absolute atomic E-state index is 9.26. The zero-order chi connectivity index (χ0) is 13.0. The van der Waals surface area contributed by atoms with Crippen molar-refractivity contribution < 1.29 is 0 Å². The van der Waals surface area contributed by atoms with Gasteiger partial charge in [0.2, 0.25) is 0 Å². The van der Waals surface area contributed by atoms with Gasteiger partial charge in [0.25, 0.3) is 0 Å². The van der Waals surface area contributed by atoms with Crippen LogP contribution in [0.5, 0.6) is 0 Å². The maximum atomic E-state index is 9.26. The van der Waals surface area contributed by atoms with Crippen molar-refractivity contribution in [1.82, 2.24) is 0 Å². The van der Waals surface area contributed by atoms with Crippen LogP contribution < -0.4 is 0 Å². The summed E-state index contributed by atoms with van der Waals surface area (Å²) in [5, 5.41) is 10.3. The van der Waals surface area contributed by atoms with Crippen molar-refractivity contribution in [3.05, 3.63) is 69.7 Å². The minimum Gasteiger partial charge on any atom is -0.198 e. The van der Waals surface area contributed by atoms with Gasteiger partial charge in [0.05, 0.1) is 22.0 Å². The first kappa shape index (κ1) is 13.0. The fourth-order valence-electron chi connectivity index (χ4n) is 1.83. The van der Waals surface area contributed by atoms with E-state index in [2.05, 4.69) is 6.07 Å². The van der Waals surface area contributed by atoms with E-state index < -0.39 is 0 Å². The monoisotopic (exact) mass is 275 g/mol. The second-order valence-corrected chi connectivity index (χ2v) is 4.86. The van der Waals surface area contributed by atoms with E-state index in [1.807, 2.05) is 42.5 Å². The van der Waals surface area contributed by atoms with Gasteiger partial charge in [0.1, 0.15) is 0 Å². The molecule has 0 spiro atoms. The van der Waals surface area contributed by atoms with Crippen LogP contribution in [0.2, 0.25) is 10.0 Å². The van der Waals surface area contributed by atoms with Gasteiger partial charge >= 0.3 is 0 Å². The van der Waals surface area contributed by atoms with E-state index in [1.165, 1.54) is 0 Å². The van der Waals surface area contributed by atoms with Gasteiger partial charge in [0.15, 0.2) is 0 Å². The minimum atomic E-state index is -0.163. The fraction of sp³-hybridized carbons (Fsp3) is 0.133. The second-order valence-electron chi connectivity index (χ2n) is 4.04. The molecule has 0 bridgehead atoms. The molecule has 0 N–H and O–H groups in total. The molecule has 1 nitrogen and oxygen atoms in total. The summed E-state index contributed by atoms with van der Waals surface area (Å²) in [5.74, 6) is -0.163. The Morgan fingerprint density at radius 1 is 1.00 bits per heavy atom. The van der Waals surface area contributed by atoms with Crippen LogP contribution >= 0.6 is 23.2 Å². The molecule has 0 heterocycles. The van der Waals surface area contributed by atoms with Gasteiger partial charge in [-0.3, -0.25) is 0 Å². The fourth-order valence-corrected chi connectivity index (χ4v) is 2.15. The van der Waals surface area contributed by atoms with Crippen molar-refractivity contribution in [2.24, 2.45) is 0 Å². The molecular formula is C15H11Cl2N. The second kappa shape index (κ2) is 5.91. The molecule has 0 aliphatic heterocycles. The Bertz CT molecular complexity index is 573. The summed E-state index contributed by atoms with van der Waals surface area (Å²) >= 11 is 11.8. The number of hydrogen-bond donors (Lipinski definition) is 0. The molecule has 2 aromatic carbocycles. The van der Waals surface area contributed by atoms with E-state index in [4.69, 9.17) is 23.2 Å². The highest BCUT2D eigenvalue weighted by atomic mass is 35.5. The Labute approximate surface area is 117 Å². The topological polar surface area (TPSA) is 23.8 Å². The lowest BCUT2D eigenvalue weighted by Gasteiger charge is -2.10. The molecule has 18 heavy (non-hydrogen) atoms. The van der Waals surface area contributed by atoms with Crippen LogP contribution in [0.1, 0.15) is 17.0 Å². The number of hydrogen-bond acceptors (Lipinski definition) is 1. The molecule has 0 amide bonds. The number of rotatable bonds is 3. The van der Waals surface area contributed by atoms with E-state index in [0.29, 0.717) is 16.5 Å². The zero-order valence-electron chi connectivity index (χ0n) is 9.61. The summed E-state index contributed by atoms with van der Waals surface area (Å²) in [6, 6.07) is 17.6. The lowest BCUT2D eigenvalue weighted by Crippen LogP contribution is -2.00. The van der Waals surface area contributed by atoms with E-state index in [0.717, 1.165) is 11.1 Å². The van der Waals surface area contributed by atoms with Crippen LogP contribution in [0, 0.1) is 11.3 Å². The zero-order valence-corrected chi connectivity index (χ0v) is 11.1. The minimum absolute atomic E-state index is 0.163. The van der Waals surface area contributed by atoms with Crippen molar-refractivity contribution >= 4 is 23.2 Å². The Kier molecular flexibility index (Phi) is 4.25. The summed E-state index contributed by atoms with van der Waals surface area (Å²) in [7, 11) is 0. The Hall–Kier alpha value is -1.49. The Morgan fingerprint density at radius 2 is 1.72 bits per heavy atom. The summed E-state index contributed by atoms with van der Waals surface area (Å²) < 4.78 is 0. The molecule has 3 heteroatoms. The predicted molar refractivity (Wildman–Crippen MR) is 75.0 cm³/mol. The maximum Gasteiger partial charge on any atom is 0.0753 e. The van der Waals surface area contributed by atoms with Gasteiger partial charge in [0, 0.05) is 0 Å². The van der Waals surface area contributed by atoms with Gasteiger partial charge < -0.3 is 0 Å². The molecule has 0 saturated carbocycles. The molecule has 0 radical (unpaired) electrons. The summed E-state index contributed by atoms with van der Waals surface area (Å²) in [5.41, 5.74) is 2.03. The molecule has 0 aliphatic rings. The molecule has 1 unspecified atom stereocenters. The first-order valence-corrected chi connectivity index (χ1v) is 6.35. The van der Waals surface area contributed by atoms with Crippen molar-refractivity contribution in [3.63, 3.8) is 0 Å². The third kappa shape index (κ3) is 3.04. The highest BCUT2D eigenvalue weighted by molar-refractivity contribution is 6.42. The third-order valence-electron chi connectivity index (χ3n) is 2.78. The van der Waals surface area contributed by atoms with Crippen LogP contribution in [0.25, 0.3) is 0 Å². The summed E-state index contributed by atoms with van der Waals surface area (Å²) in [4.78, 5) is 0. The van der Waals surface area contributed by atoms with E-state index in [1.54, 1.807) is 6.07 Å². The third-order valence-corrected chi connectivity index (χ3v) is 3.52. The van der Waals surface area contributed by atoms with Crippen LogP contribution in [0.4, 0.5) is 0 Å². The van der Waals surface area contributed by atoms with E-state index in [9.17, 15) is 5.26 Å². The summed E-state index contributed by atoms with van der Waals surface area (Å²) in [6.45, 7) is 0. The number of nitriles is 1. The largest absolute Gasteiger partial charge is 0.198 e. The van der Waals surface area contributed by atoms with Crippen molar-refractivity contribution in [2.75, 3.05) is 0 Å². The molecule has 0 aliphatic carbocycles. The molecule has 2 aromatic rings. The van der Waals surface area contributed by atoms with Crippen LogP contribution in [0.3, 0.4) is 0 Å². The normalized spacial score (nSPS) is 11.8. The van der Waals surface area contributed by atoms with Gasteiger partial charge in [-0.25, -0.2) is 0 Å². The summed E-state index contributed by atoms with van der Waals surface area (Å²) in [6.07, 6.45) is 0.636. The number of benzene rings is 2. The van der Waals surface area contributed by atoms with Gasteiger partial charge in [-0.1, -0.05) is 59.6 Å². The first-order chi connectivity index (χ1) is 8.70. The van der Waals surface area contributed by atoms with Crippen LogP contribution in [-0.2, 0) is 6.42 Å². The van der Waals surface area contributed by atoms with Crippen LogP contribution in [-0.4, -0.2) is 0 Å². The van der Waals surface area contributed by atoms with Crippen LogP contribution in [0.15, 0.2) is 48.5 Å². The Balaban J connectivity index is 2.21. The smallest absolute Gasteiger partial charge is 0.0753 e. The van der Waals surface area contributed by atoms with Gasteiger partial charge in [-0.05, 0) is 29.7 Å². The molecule has 90 valence electrons. The number of halogens is 2. The molecule has 2 rings (SSSR count). The van der Waals surface area contributed by atoms with Crippen molar-refractivity contribution in [3.8, 4) is 6.07 Å². The highest BCUT2D eigenvalue weighted by Crippen LogP contribution is 2.26. The van der Waals surface area contributed by atoms with E-state index in [-0.39, 0.29) is 5.92 Å². The SMILES string of the molecule is N#CC(Cc1ccc(Cl)c(Cl)c1)c1ccccc1. The van der Waals surface area contributed by atoms with Gasteiger partial charge in [-0.2, -0.15) is 5.26 Å². The average Bonchev–Trinajstić information content (AvgIpc) is 2.41. The molecule has 0 fully saturated rings. The Morgan fingerprint density at radius 3 is 2.33 bits per heavy atom. The predicted octanol–water partition coefficient (Wildman–Crippen LogP) is 4.84. The first-order valence-electron chi connectivity index (χ1n) is 5.59. The van der Waals surface area contributed by atoms with Crippen molar-refractivity contribution in [1.29, 1.82) is 5.26 Å². The van der Waals surface area contributed by atoms with E-state index >= 15 is 0 Å². The highest BCUT2D eigenvalue weighted by Gasteiger charge is 2.11. The molecular weight excluding hydrogens is 265 g/mol. The lowest BCUT2D eigenvalue weighted by molar-refractivity contribution is 0.849. The number of nitrogens with zero attached hydrogens (tertiary/aromatic N) is 1. The molecule has 0 saturated heterocycles. The lowest BCUT2D eigenvalue weighted by atomic mass is 9.93. The quantitative estimate of drug-likeness (QED) is 0.786.